The number of rotatable bonds is 5. The zero-order valence-corrected chi connectivity index (χ0v) is 12.8. The van der Waals surface area contributed by atoms with E-state index in [-0.39, 0.29) is 0 Å². The number of fused-ring (bicyclic) bond motifs is 1. The van der Waals surface area contributed by atoms with E-state index in [1.807, 2.05) is 18.2 Å². The lowest BCUT2D eigenvalue weighted by Crippen LogP contribution is -2.07. The fraction of sp³-hybridized carbons (Fsp3) is 0.357. The van der Waals surface area contributed by atoms with Crippen molar-refractivity contribution in [1.82, 2.24) is 19.8 Å². The van der Waals surface area contributed by atoms with Gasteiger partial charge in [0, 0.05) is 6.42 Å². The Kier molecular flexibility index (Phi) is 3.74. The quantitative estimate of drug-likeness (QED) is 0.783. The number of nitrogens with two attached hydrogens (primary N) is 1. The third-order valence-electron chi connectivity index (χ3n) is 3.20. The Bertz CT molecular complexity index is 749. The van der Waals surface area contributed by atoms with Crippen molar-refractivity contribution >= 4 is 21.4 Å². The largest absolute Gasteiger partial charge is 0.493 e. The summed E-state index contributed by atoms with van der Waals surface area (Å²) < 4.78 is 7.57. The molecule has 0 spiro atoms. The molecule has 1 aromatic carbocycles. The molecule has 0 radical (unpaired) electrons. The average molecular weight is 303 g/mol. The van der Waals surface area contributed by atoms with Gasteiger partial charge in [0.25, 0.3) is 0 Å². The van der Waals surface area contributed by atoms with Gasteiger partial charge in [0.15, 0.2) is 5.82 Å². The third-order valence-corrected chi connectivity index (χ3v) is 3.92. The number of nitrogens with zero attached hydrogens (tertiary/aromatic N) is 4. The molecule has 0 aliphatic rings. The highest BCUT2D eigenvalue weighted by Gasteiger charge is 2.11. The van der Waals surface area contributed by atoms with Gasteiger partial charge < -0.3 is 10.5 Å². The maximum absolute atomic E-state index is 5.89. The Morgan fingerprint density at radius 1 is 1.29 bits per heavy atom. The lowest BCUT2D eigenvalue weighted by Gasteiger charge is -2.13. The molecular formula is C14H17N5OS. The van der Waals surface area contributed by atoms with Crippen molar-refractivity contribution in [3.8, 4) is 5.75 Å². The normalized spacial score (nSPS) is 11.4. The summed E-state index contributed by atoms with van der Waals surface area (Å²) in [6, 6.07) is 8.10. The molecule has 0 saturated carbocycles. The fourth-order valence-electron chi connectivity index (χ4n) is 2.17. The smallest absolute Gasteiger partial charge is 0.236 e. The van der Waals surface area contributed by atoms with E-state index >= 15 is 0 Å². The molecule has 0 atom stereocenters. The molecule has 0 unspecified atom stereocenters. The van der Waals surface area contributed by atoms with Crippen molar-refractivity contribution in [2.24, 2.45) is 0 Å². The number of hydrogen-bond donors (Lipinski definition) is 1. The van der Waals surface area contributed by atoms with Crippen LogP contribution in [0.15, 0.2) is 24.3 Å². The Hall–Kier alpha value is -2.15. The molecule has 0 aliphatic heterocycles. The molecule has 0 aliphatic carbocycles. The van der Waals surface area contributed by atoms with Crippen molar-refractivity contribution in [3.05, 3.63) is 35.7 Å². The molecule has 7 heteroatoms. The van der Waals surface area contributed by atoms with Crippen molar-refractivity contribution in [2.45, 2.75) is 26.2 Å². The number of ether oxygens (including phenoxy) is 1. The van der Waals surface area contributed by atoms with Gasteiger partial charge in [-0.05, 0) is 17.5 Å². The second-order valence-electron chi connectivity index (χ2n) is 5.04. The molecule has 3 rings (SSSR count). The number of para-hydroxylation sites is 1. The number of anilines is 1. The number of nitrogen functional groups attached to an aromatic ring is 1. The van der Waals surface area contributed by atoms with Crippen LogP contribution >= 0.6 is 11.3 Å². The fourth-order valence-corrected chi connectivity index (χ4v) is 2.79. The van der Waals surface area contributed by atoms with Gasteiger partial charge >= 0.3 is 0 Å². The molecular weight excluding hydrogens is 286 g/mol. The number of hydrogen-bond acceptors (Lipinski definition) is 6. The van der Waals surface area contributed by atoms with Gasteiger partial charge in [-0.15, -0.1) is 15.3 Å². The van der Waals surface area contributed by atoms with Crippen LogP contribution in [0.1, 0.15) is 31.2 Å². The topological polar surface area (TPSA) is 78.3 Å². The summed E-state index contributed by atoms with van der Waals surface area (Å²) in [4.78, 5) is 0.713. The Balaban J connectivity index is 1.69. The van der Waals surface area contributed by atoms with Crippen molar-refractivity contribution in [2.75, 3.05) is 12.3 Å². The summed E-state index contributed by atoms with van der Waals surface area (Å²) in [5.74, 6) is 2.12. The summed E-state index contributed by atoms with van der Waals surface area (Å²) in [5, 5.41) is 12.8. The van der Waals surface area contributed by atoms with Crippen molar-refractivity contribution in [1.29, 1.82) is 0 Å². The summed E-state index contributed by atoms with van der Waals surface area (Å²) in [6.07, 6.45) is 0.636. The van der Waals surface area contributed by atoms with Crippen LogP contribution < -0.4 is 10.5 Å². The maximum atomic E-state index is 5.89. The zero-order valence-electron chi connectivity index (χ0n) is 12.0. The van der Waals surface area contributed by atoms with Gasteiger partial charge in [0.05, 0.1) is 6.61 Å². The molecule has 0 fully saturated rings. The lowest BCUT2D eigenvalue weighted by molar-refractivity contribution is 0.313. The van der Waals surface area contributed by atoms with Crippen LogP contribution in [0.25, 0.3) is 4.96 Å². The second kappa shape index (κ2) is 5.69. The first-order valence-corrected chi connectivity index (χ1v) is 7.65. The van der Waals surface area contributed by atoms with Crippen LogP contribution in [0.2, 0.25) is 0 Å². The first-order valence-electron chi connectivity index (χ1n) is 6.83. The van der Waals surface area contributed by atoms with Crippen LogP contribution in [-0.4, -0.2) is 26.4 Å². The maximum Gasteiger partial charge on any atom is 0.236 e. The molecule has 3 aromatic rings. The Labute approximate surface area is 126 Å². The highest BCUT2D eigenvalue weighted by molar-refractivity contribution is 7.20. The summed E-state index contributed by atoms with van der Waals surface area (Å²) in [7, 11) is 0. The minimum atomic E-state index is 0.430. The average Bonchev–Trinajstić information content (AvgIpc) is 2.99. The van der Waals surface area contributed by atoms with E-state index in [0.717, 1.165) is 11.6 Å². The summed E-state index contributed by atoms with van der Waals surface area (Å²) in [6.45, 7) is 4.84. The SMILES string of the molecule is CC(C)c1ccccc1OCCc1nnc2sc(N)nn12. The minimum absolute atomic E-state index is 0.430. The molecule has 2 aromatic heterocycles. The van der Waals surface area contributed by atoms with Crippen LogP contribution in [0.4, 0.5) is 5.13 Å². The predicted molar refractivity (Wildman–Crippen MR) is 82.8 cm³/mol. The minimum Gasteiger partial charge on any atom is -0.493 e. The van der Waals surface area contributed by atoms with E-state index < -0.39 is 0 Å². The highest BCUT2D eigenvalue weighted by Crippen LogP contribution is 2.26. The van der Waals surface area contributed by atoms with Crippen molar-refractivity contribution < 1.29 is 4.74 Å². The van der Waals surface area contributed by atoms with Gasteiger partial charge in [-0.3, -0.25) is 0 Å². The predicted octanol–water partition coefficient (Wildman–Crippen LogP) is 2.51. The molecule has 0 bridgehead atoms. The zero-order chi connectivity index (χ0) is 14.8. The molecule has 0 saturated heterocycles. The first kappa shape index (κ1) is 13.8. The number of benzene rings is 1. The molecule has 0 amide bonds. The molecule has 110 valence electrons. The summed E-state index contributed by atoms with van der Waals surface area (Å²) in [5.41, 5.74) is 6.87. The Morgan fingerprint density at radius 3 is 2.90 bits per heavy atom. The van der Waals surface area contributed by atoms with Crippen LogP contribution in [0.5, 0.6) is 5.75 Å². The second-order valence-corrected chi connectivity index (χ2v) is 6.03. The van der Waals surface area contributed by atoms with E-state index in [1.165, 1.54) is 16.9 Å². The summed E-state index contributed by atoms with van der Waals surface area (Å²) >= 11 is 1.32. The van der Waals surface area contributed by atoms with E-state index in [4.69, 9.17) is 10.5 Å². The van der Waals surface area contributed by atoms with Gasteiger partial charge in [-0.2, -0.15) is 4.52 Å². The lowest BCUT2D eigenvalue weighted by atomic mass is 10.0. The van der Waals surface area contributed by atoms with E-state index in [9.17, 15) is 0 Å². The first-order chi connectivity index (χ1) is 10.1. The third kappa shape index (κ3) is 2.82. The Morgan fingerprint density at radius 2 is 2.10 bits per heavy atom. The van der Waals surface area contributed by atoms with E-state index in [0.29, 0.717) is 29.0 Å². The van der Waals surface area contributed by atoms with Crippen molar-refractivity contribution in [3.63, 3.8) is 0 Å². The van der Waals surface area contributed by atoms with Gasteiger partial charge in [0.1, 0.15) is 5.75 Å². The van der Waals surface area contributed by atoms with Crippen LogP contribution in [0, 0.1) is 0 Å². The highest BCUT2D eigenvalue weighted by atomic mass is 32.1. The van der Waals surface area contributed by atoms with Crippen LogP contribution in [-0.2, 0) is 6.42 Å². The monoisotopic (exact) mass is 303 g/mol. The van der Waals surface area contributed by atoms with E-state index in [1.54, 1.807) is 4.52 Å². The molecule has 21 heavy (non-hydrogen) atoms. The molecule has 2 heterocycles. The standard InChI is InChI=1S/C14H17N5OS/c1-9(2)10-5-3-4-6-11(10)20-8-7-12-16-17-14-19(12)18-13(15)21-14/h3-6,9H,7-8H2,1-2H3,(H2,15,18). The molecule has 6 nitrogen and oxygen atoms in total. The van der Waals surface area contributed by atoms with Crippen LogP contribution in [0.3, 0.4) is 0 Å². The van der Waals surface area contributed by atoms with E-state index in [2.05, 4.69) is 35.2 Å². The number of aromatic nitrogens is 4. The molecule has 2 N–H and O–H groups in total. The van der Waals surface area contributed by atoms with Gasteiger partial charge in [0.2, 0.25) is 10.1 Å². The van der Waals surface area contributed by atoms with Gasteiger partial charge in [-0.25, -0.2) is 0 Å². The van der Waals surface area contributed by atoms with Gasteiger partial charge in [-0.1, -0.05) is 43.4 Å².